The molecule has 2 heterocycles. The molecular formula is C10H17NO3. The van der Waals surface area contributed by atoms with E-state index in [0.717, 1.165) is 32.4 Å². The van der Waals surface area contributed by atoms with E-state index in [2.05, 4.69) is 10.1 Å². The van der Waals surface area contributed by atoms with Crippen LogP contribution in [0, 0.1) is 0 Å². The lowest BCUT2D eigenvalue weighted by Gasteiger charge is -2.47. The second-order valence-corrected chi connectivity index (χ2v) is 4.20. The van der Waals surface area contributed by atoms with Gasteiger partial charge in [-0.2, -0.15) is 0 Å². The predicted molar refractivity (Wildman–Crippen MR) is 51.0 cm³/mol. The molecule has 1 spiro atoms. The Labute approximate surface area is 84.0 Å². The van der Waals surface area contributed by atoms with Gasteiger partial charge < -0.3 is 14.8 Å². The summed E-state index contributed by atoms with van der Waals surface area (Å²) in [4.78, 5) is 11.1. The fourth-order valence-corrected chi connectivity index (χ4v) is 2.20. The van der Waals surface area contributed by atoms with E-state index in [1.54, 1.807) is 0 Å². The highest BCUT2D eigenvalue weighted by atomic mass is 16.5. The molecule has 2 saturated heterocycles. The van der Waals surface area contributed by atoms with E-state index in [-0.39, 0.29) is 17.7 Å². The number of hydrogen-bond donors (Lipinski definition) is 1. The molecular weight excluding hydrogens is 182 g/mol. The van der Waals surface area contributed by atoms with Gasteiger partial charge in [0.25, 0.3) is 0 Å². The van der Waals surface area contributed by atoms with Crippen molar-refractivity contribution in [3.8, 4) is 0 Å². The molecule has 1 atom stereocenters. The monoisotopic (exact) mass is 199 g/mol. The van der Waals surface area contributed by atoms with Crippen LogP contribution in [-0.2, 0) is 14.3 Å². The maximum absolute atomic E-state index is 11.1. The smallest absolute Gasteiger partial charge is 0.308 e. The van der Waals surface area contributed by atoms with Crippen molar-refractivity contribution in [1.82, 2.24) is 5.32 Å². The summed E-state index contributed by atoms with van der Waals surface area (Å²) in [6.45, 7) is 1.87. The van der Waals surface area contributed by atoms with Crippen molar-refractivity contribution in [3.05, 3.63) is 0 Å². The van der Waals surface area contributed by atoms with Gasteiger partial charge in [-0.25, -0.2) is 0 Å². The second-order valence-electron chi connectivity index (χ2n) is 4.20. The number of esters is 1. The molecule has 2 rings (SSSR count). The average molecular weight is 199 g/mol. The number of rotatable bonds is 2. The Morgan fingerprint density at radius 1 is 1.64 bits per heavy atom. The molecule has 2 aliphatic rings. The van der Waals surface area contributed by atoms with E-state index in [0.29, 0.717) is 6.42 Å². The summed E-state index contributed by atoms with van der Waals surface area (Å²) in [5.41, 5.74) is 0.0386. The molecule has 0 aromatic heterocycles. The molecule has 4 heteroatoms. The van der Waals surface area contributed by atoms with Crippen molar-refractivity contribution in [1.29, 1.82) is 0 Å². The lowest BCUT2D eigenvalue weighted by molar-refractivity contribution is -0.168. The molecule has 4 nitrogen and oxygen atoms in total. The van der Waals surface area contributed by atoms with Gasteiger partial charge in [-0.1, -0.05) is 0 Å². The van der Waals surface area contributed by atoms with Crippen molar-refractivity contribution < 1.29 is 14.3 Å². The van der Waals surface area contributed by atoms with Crippen LogP contribution in [0.5, 0.6) is 0 Å². The third-order valence-electron chi connectivity index (χ3n) is 3.09. The summed E-state index contributed by atoms with van der Waals surface area (Å²) >= 11 is 0. The van der Waals surface area contributed by atoms with E-state index in [9.17, 15) is 4.79 Å². The first-order valence-electron chi connectivity index (χ1n) is 5.19. The maximum atomic E-state index is 11.1. The number of ether oxygens (including phenoxy) is 2. The zero-order chi connectivity index (χ0) is 10.0. The topological polar surface area (TPSA) is 47.6 Å². The van der Waals surface area contributed by atoms with Crippen LogP contribution in [0.2, 0.25) is 0 Å². The molecule has 1 unspecified atom stereocenters. The molecule has 2 aliphatic heterocycles. The van der Waals surface area contributed by atoms with Crippen molar-refractivity contribution in [2.75, 3.05) is 20.2 Å². The quantitative estimate of drug-likeness (QED) is 0.656. The third kappa shape index (κ3) is 1.91. The van der Waals surface area contributed by atoms with Crippen LogP contribution in [0.15, 0.2) is 0 Å². The van der Waals surface area contributed by atoms with Gasteiger partial charge in [0.05, 0.1) is 25.2 Å². The SMILES string of the molecule is COC(=O)CC1CCCC2(CNC2)O1. The summed E-state index contributed by atoms with van der Waals surface area (Å²) in [5.74, 6) is -0.167. The van der Waals surface area contributed by atoms with Gasteiger partial charge in [0.1, 0.15) is 0 Å². The van der Waals surface area contributed by atoms with Crippen LogP contribution in [0.1, 0.15) is 25.7 Å². The van der Waals surface area contributed by atoms with Gasteiger partial charge in [-0.15, -0.1) is 0 Å². The Balaban J connectivity index is 1.84. The highest BCUT2D eigenvalue weighted by Gasteiger charge is 2.42. The maximum Gasteiger partial charge on any atom is 0.308 e. The molecule has 80 valence electrons. The zero-order valence-electron chi connectivity index (χ0n) is 8.54. The van der Waals surface area contributed by atoms with Gasteiger partial charge >= 0.3 is 5.97 Å². The number of methoxy groups -OCH3 is 1. The van der Waals surface area contributed by atoms with Gasteiger partial charge in [-0.3, -0.25) is 4.79 Å². The van der Waals surface area contributed by atoms with Crippen molar-refractivity contribution in [3.63, 3.8) is 0 Å². The average Bonchev–Trinajstić information content (AvgIpc) is 2.16. The van der Waals surface area contributed by atoms with Crippen molar-refractivity contribution >= 4 is 5.97 Å². The highest BCUT2D eigenvalue weighted by molar-refractivity contribution is 5.69. The first kappa shape index (κ1) is 9.93. The number of carbonyl (C=O) groups is 1. The fraction of sp³-hybridized carbons (Fsp3) is 0.900. The summed E-state index contributed by atoms with van der Waals surface area (Å²) in [7, 11) is 1.42. The van der Waals surface area contributed by atoms with Gasteiger partial charge in [0, 0.05) is 13.1 Å². The van der Waals surface area contributed by atoms with Gasteiger partial charge in [0.2, 0.25) is 0 Å². The molecule has 2 fully saturated rings. The Morgan fingerprint density at radius 3 is 3.00 bits per heavy atom. The first-order chi connectivity index (χ1) is 6.74. The third-order valence-corrected chi connectivity index (χ3v) is 3.09. The summed E-state index contributed by atoms with van der Waals surface area (Å²) in [6, 6.07) is 0. The molecule has 0 amide bonds. The van der Waals surface area contributed by atoms with E-state index >= 15 is 0 Å². The molecule has 0 bridgehead atoms. The van der Waals surface area contributed by atoms with Gasteiger partial charge in [-0.05, 0) is 19.3 Å². The van der Waals surface area contributed by atoms with Crippen LogP contribution < -0.4 is 5.32 Å². The molecule has 0 aromatic rings. The lowest BCUT2D eigenvalue weighted by Crippen LogP contribution is -2.63. The molecule has 14 heavy (non-hydrogen) atoms. The second kappa shape index (κ2) is 3.87. The largest absolute Gasteiger partial charge is 0.469 e. The van der Waals surface area contributed by atoms with Crippen LogP contribution >= 0.6 is 0 Å². The summed E-state index contributed by atoms with van der Waals surface area (Å²) in [5, 5.41) is 3.22. The fourth-order valence-electron chi connectivity index (χ4n) is 2.20. The zero-order valence-corrected chi connectivity index (χ0v) is 8.54. The van der Waals surface area contributed by atoms with E-state index < -0.39 is 0 Å². The normalized spacial score (nSPS) is 29.6. The van der Waals surface area contributed by atoms with Crippen LogP contribution in [-0.4, -0.2) is 37.9 Å². The minimum absolute atomic E-state index is 0.0386. The molecule has 0 aromatic carbocycles. The molecule has 0 saturated carbocycles. The predicted octanol–water partition coefficient (Wildman–Crippen LogP) is 0.461. The van der Waals surface area contributed by atoms with E-state index in [4.69, 9.17) is 4.74 Å². The van der Waals surface area contributed by atoms with Gasteiger partial charge in [0.15, 0.2) is 0 Å². The Morgan fingerprint density at radius 2 is 2.43 bits per heavy atom. The summed E-state index contributed by atoms with van der Waals surface area (Å²) < 4.78 is 10.6. The van der Waals surface area contributed by atoms with Crippen LogP contribution in [0.3, 0.4) is 0 Å². The Kier molecular flexibility index (Phi) is 2.74. The Bertz CT molecular complexity index is 225. The van der Waals surface area contributed by atoms with Crippen LogP contribution in [0.25, 0.3) is 0 Å². The number of nitrogens with one attached hydrogen (secondary N) is 1. The van der Waals surface area contributed by atoms with E-state index in [1.807, 2.05) is 0 Å². The lowest BCUT2D eigenvalue weighted by atomic mass is 9.86. The highest BCUT2D eigenvalue weighted by Crippen LogP contribution is 2.32. The van der Waals surface area contributed by atoms with Crippen LogP contribution in [0.4, 0.5) is 0 Å². The minimum atomic E-state index is -0.167. The molecule has 0 aliphatic carbocycles. The standard InChI is InChI=1S/C10H17NO3/c1-13-9(12)5-8-3-2-4-10(14-8)6-11-7-10/h8,11H,2-7H2,1H3. The molecule has 0 radical (unpaired) electrons. The van der Waals surface area contributed by atoms with Crippen molar-refractivity contribution in [2.45, 2.75) is 37.4 Å². The number of carbonyl (C=O) groups excluding carboxylic acids is 1. The first-order valence-corrected chi connectivity index (χ1v) is 5.19. The van der Waals surface area contributed by atoms with Crippen molar-refractivity contribution in [2.24, 2.45) is 0 Å². The van der Waals surface area contributed by atoms with E-state index in [1.165, 1.54) is 7.11 Å². The molecule has 1 N–H and O–H groups in total. The Hall–Kier alpha value is -0.610. The summed E-state index contributed by atoms with van der Waals surface area (Å²) in [6.07, 6.45) is 3.73. The number of hydrogen-bond acceptors (Lipinski definition) is 4. The minimum Gasteiger partial charge on any atom is -0.469 e.